The van der Waals surface area contributed by atoms with Gasteiger partial charge >= 0.3 is 0 Å². The summed E-state index contributed by atoms with van der Waals surface area (Å²) in [6.07, 6.45) is 5.00. The van der Waals surface area contributed by atoms with E-state index >= 15 is 0 Å². The smallest absolute Gasteiger partial charge is 0.0794 e. The summed E-state index contributed by atoms with van der Waals surface area (Å²) in [6.45, 7) is 3.55. The molecule has 1 saturated heterocycles. The van der Waals surface area contributed by atoms with Gasteiger partial charge in [0.25, 0.3) is 0 Å². The number of nitrogens with one attached hydrogen (secondary N) is 1. The first-order chi connectivity index (χ1) is 7.84. The molecule has 16 heavy (non-hydrogen) atoms. The van der Waals surface area contributed by atoms with E-state index in [0.717, 1.165) is 13.0 Å². The van der Waals surface area contributed by atoms with Gasteiger partial charge in [-0.3, -0.25) is 0 Å². The van der Waals surface area contributed by atoms with Gasteiger partial charge < -0.3 is 10.2 Å². The predicted molar refractivity (Wildman–Crippen MR) is 69.0 cm³/mol. The van der Waals surface area contributed by atoms with Crippen molar-refractivity contribution in [3.8, 4) is 0 Å². The van der Waals surface area contributed by atoms with E-state index in [1.807, 2.05) is 5.51 Å². The second-order valence-electron chi connectivity index (χ2n) is 4.62. The van der Waals surface area contributed by atoms with Crippen LogP contribution in [0, 0.1) is 0 Å². The molecule has 1 atom stereocenters. The number of hydrogen-bond acceptors (Lipinski definition) is 4. The highest BCUT2D eigenvalue weighted by atomic mass is 32.1. The van der Waals surface area contributed by atoms with Gasteiger partial charge in [0.05, 0.1) is 11.2 Å². The molecule has 1 aromatic heterocycles. The van der Waals surface area contributed by atoms with Crippen LogP contribution in [0.4, 0.5) is 0 Å². The van der Waals surface area contributed by atoms with Crippen LogP contribution < -0.4 is 5.32 Å². The van der Waals surface area contributed by atoms with Crippen LogP contribution in [0.2, 0.25) is 0 Å². The normalized spacial score (nSPS) is 23.2. The number of likely N-dealkylation sites (tertiary alicyclic amines) is 1. The van der Waals surface area contributed by atoms with Crippen LogP contribution >= 0.6 is 11.3 Å². The Balaban J connectivity index is 1.65. The van der Waals surface area contributed by atoms with Crippen LogP contribution in [0.1, 0.15) is 25.0 Å². The first kappa shape index (κ1) is 12.0. The zero-order valence-corrected chi connectivity index (χ0v) is 10.8. The second kappa shape index (κ2) is 6.33. The van der Waals surface area contributed by atoms with Crippen molar-refractivity contribution in [2.75, 3.05) is 26.7 Å². The molecule has 1 aliphatic rings. The molecular formula is C12H21N3S. The van der Waals surface area contributed by atoms with Crippen LogP contribution in [0.3, 0.4) is 0 Å². The number of rotatable bonds is 4. The van der Waals surface area contributed by atoms with Crippen molar-refractivity contribution in [1.29, 1.82) is 0 Å². The Kier molecular flexibility index (Phi) is 4.75. The topological polar surface area (TPSA) is 28.2 Å². The fourth-order valence-electron chi connectivity index (χ4n) is 2.21. The van der Waals surface area contributed by atoms with Gasteiger partial charge in [0.2, 0.25) is 0 Å². The molecule has 90 valence electrons. The Morgan fingerprint density at radius 1 is 1.50 bits per heavy atom. The van der Waals surface area contributed by atoms with Gasteiger partial charge in [0, 0.05) is 24.4 Å². The number of thiazole rings is 1. The molecule has 0 saturated carbocycles. The lowest BCUT2D eigenvalue weighted by Gasteiger charge is -2.16. The monoisotopic (exact) mass is 239 g/mol. The minimum absolute atomic E-state index is 0.712. The fraction of sp³-hybridized carbons (Fsp3) is 0.750. The average molecular weight is 239 g/mol. The van der Waals surface area contributed by atoms with Gasteiger partial charge in [-0.2, -0.15) is 0 Å². The largest absolute Gasteiger partial charge is 0.314 e. The SMILES string of the molecule is CN1CCCC(NCCc2cscn2)CC1. The van der Waals surface area contributed by atoms with E-state index in [0.29, 0.717) is 6.04 Å². The van der Waals surface area contributed by atoms with Gasteiger partial charge in [-0.15, -0.1) is 11.3 Å². The summed E-state index contributed by atoms with van der Waals surface area (Å²) < 4.78 is 0. The Morgan fingerprint density at radius 2 is 2.44 bits per heavy atom. The van der Waals surface area contributed by atoms with Crippen molar-refractivity contribution < 1.29 is 0 Å². The Morgan fingerprint density at radius 3 is 3.25 bits per heavy atom. The predicted octanol–water partition coefficient (Wildman–Crippen LogP) is 1.76. The number of hydrogen-bond donors (Lipinski definition) is 1. The molecule has 4 heteroatoms. The number of aromatic nitrogens is 1. The first-order valence-electron chi connectivity index (χ1n) is 6.13. The third kappa shape index (κ3) is 3.85. The first-order valence-corrected chi connectivity index (χ1v) is 7.08. The molecule has 0 amide bonds. The molecule has 1 aliphatic heterocycles. The summed E-state index contributed by atoms with van der Waals surface area (Å²) in [5, 5.41) is 5.80. The molecule has 3 nitrogen and oxygen atoms in total. The third-order valence-electron chi connectivity index (χ3n) is 3.25. The zero-order chi connectivity index (χ0) is 11.2. The van der Waals surface area contributed by atoms with Crippen molar-refractivity contribution in [2.45, 2.75) is 31.7 Å². The highest BCUT2D eigenvalue weighted by Crippen LogP contribution is 2.09. The van der Waals surface area contributed by atoms with Crippen molar-refractivity contribution in [1.82, 2.24) is 15.2 Å². The van der Waals surface area contributed by atoms with Gasteiger partial charge in [-0.25, -0.2) is 4.98 Å². The van der Waals surface area contributed by atoms with E-state index in [-0.39, 0.29) is 0 Å². The van der Waals surface area contributed by atoms with Crippen molar-refractivity contribution in [2.24, 2.45) is 0 Å². The van der Waals surface area contributed by atoms with Crippen LogP contribution in [-0.4, -0.2) is 42.6 Å². The molecule has 0 bridgehead atoms. The van der Waals surface area contributed by atoms with Crippen molar-refractivity contribution in [3.63, 3.8) is 0 Å². The standard InChI is InChI=1S/C12H21N3S/c1-15-7-2-3-11(5-8-15)13-6-4-12-9-16-10-14-12/h9-11,13H,2-8H2,1H3. The zero-order valence-electron chi connectivity index (χ0n) is 9.98. The lowest BCUT2D eigenvalue weighted by Crippen LogP contribution is -2.31. The lowest BCUT2D eigenvalue weighted by molar-refractivity contribution is 0.344. The maximum atomic E-state index is 4.30. The Hall–Kier alpha value is -0.450. The molecule has 2 heterocycles. The van der Waals surface area contributed by atoms with Crippen molar-refractivity contribution in [3.05, 3.63) is 16.6 Å². The van der Waals surface area contributed by atoms with Crippen LogP contribution in [0.5, 0.6) is 0 Å². The molecule has 0 aliphatic carbocycles. The highest BCUT2D eigenvalue weighted by Gasteiger charge is 2.13. The second-order valence-corrected chi connectivity index (χ2v) is 5.33. The summed E-state index contributed by atoms with van der Waals surface area (Å²) in [5.41, 5.74) is 3.14. The van der Waals surface area contributed by atoms with E-state index in [9.17, 15) is 0 Å². The van der Waals surface area contributed by atoms with Crippen molar-refractivity contribution >= 4 is 11.3 Å². The summed E-state index contributed by atoms with van der Waals surface area (Å²) in [5.74, 6) is 0. The molecule has 1 unspecified atom stereocenters. The van der Waals surface area contributed by atoms with Gasteiger partial charge in [0.15, 0.2) is 0 Å². The summed E-state index contributed by atoms with van der Waals surface area (Å²) in [7, 11) is 2.22. The Bertz CT molecular complexity index is 286. The third-order valence-corrected chi connectivity index (χ3v) is 3.88. The molecule has 1 aromatic rings. The molecule has 0 aromatic carbocycles. The van der Waals surface area contributed by atoms with Gasteiger partial charge in [-0.05, 0) is 39.4 Å². The molecule has 0 spiro atoms. The van der Waals surface area contributed by atoms with E-state index in [2.05, 4.69) is 27.6 Å². The molecule has 2 rings (SSSR count). The van der Waals surface area contributed by atoms with Crippen LogP contribution in [-0.2, 0) is 6.42 Å². The molecule has 0 radical (unpaired) electrons. The van der Waals surface area contributed by atoms with Gasteiger partial charge in [-0.1, -0.05) is 0 Å². The van der Waals surface area contributed by atoms with E-state index < -0.39 is 0 Å². The molecule has 1 N–H and O–H groups in total. The minimum Gasteiger partial charge on any atom is -0.314 e. The quantitative estimate of drug-likeness (QED) is 0.868. The summed E-state index contributed by atoms with van der Waals surface area (Å²) >= 11 is 1.68. The van der Waals surface area contributed by atoms with E-state index in [1.165, 1.54) is 38.0 Å². The van der Waals surface area contributed by atoms with Crippen LogP contribution in [0.15, 0.2) is 10.9 Å². The lowest BCUT2D eigenvalue weighted by atomic mass is 10.1. The fourth-order valence-corrected chi connectivity index (χ4v) is 2.80. The maximum Gasteiger partial charge on any atom is 0.0794 e. The van der Waals surface area contributed by atoms with E-state index in [1.54, 1.807) is 11.3 Å². The average Bonchev–Trinajstić information content (AvgIpc) is 2.70. The van der Waals surface area contributed by atoms with Gasteiger partial charge in [0.1, 0.15) is 0 Å². The summed E-state index contributed by atoms with van der Waals surface area (Å²) in [6, 6.07) is 0.712. The maximum absolute atomic E-state index is 4.30. The Labute approximate surface area is 102 Å². The minimum atomic E-state index is 0.712. The molecular weight excluding hydrogens is 218 g/mol. The van der Waals surface area contributed by atoms with Crippen LogP contribution in [0.25, 0.3) is 0 Å². The summed E-state index contributed by atoms with van der Waals surface area (Å²) in [4.78, 5) is 6.73. The molecule has 1 fully saturated rings. The highest BCUT2D eigenvalue weighted by molar-refractivity contribution is 7.07. The van der Waals surface area contributed by atoms with E-state index in [4.69, 9.17) is 0 Å². The number of nitrogens with zero attached hydrogens (tertiary/aromatic N) is 2.